The molecule has 0 fully saturated rings. The molecule has 0 aromatic heterocycles. The van der Waals surface area contributed by atoms with Crippen molar-refractivity contribution in [2.75, 3.05) is 0 Å². The van der Waals surface area contributed by atoms with Gasteiger partial charge in [-0.2, -0.15) is 0 Å². The molecule has 0 bridgehead atoms. The van der Waals surface area contributed by atoms with E-state index in [2.05, 4.69) is 0 Å². The van der Waals surface area contributed by atoms with Crippen LogP contribution in [0.1, 0.15) is 24.5 Å². The number of nitrogens with zero attached hydrogens (tertiary/aromatic N) is 1. The summed E-state index contributed by atoms with van der Waals surface area (Å²) in [6.07, 6.45) is 1.44. The number of aryl methyl sites for hydroxylation is 1. The van der Waals surface area contributed by atoms with Crippen molar-refractivity contribution in [1.82, 2.24) is 0 Å². The predicted molar refractivity (Wildman–Crippen MR) is 62.7 cm³/mol. The SMILES string of the molecule is CCC1=Cc2cc([N+](=O)[O-])cc(C)c2OC1O. The van der Waals surface area contributed by atoms with Crippen molar-refractivity contribution in [1.29, 1.82) is 0 Å². The van der Waals surface area contributed by atoms with Gasteiger partial charge in [-0.05, 0) is 30.6 Å². The summed E-state index contributed by atoms with van der Waals surface area (Å²) < 4.78 is 5.37. The molecule has 2 rings (SSSR count). The van der Waals surface area contributed by atoms with E-state index in [1.165, 1.54) is 12.1 Å². The lowest BCUT2D eigenvalue weighted by Gasteiger charge is -2.23. The van der Waals surface area contributed by atoms with Gasteiger partial charge in [0, 0.05) is 17.7 Å². The van der Waals surface area contributed by atoms with Gasteiger partial charge in [-0.3, -0.25) is 10.1 Å². The van der Waals surface area contributed by atoms with Crippen molar-refractivity contribution < 1.29 is 14.8 Å². The lowest BCUT2D eigenvalue weighted by molar-refractivity contribution is -0.385. The summed E-state index contributed by atoms with van der Waals surface area (Å²) in [6.45, 7) is 3.62. The lowest BCUT2D eigenvalue weighted by Crippen LogP contribution is -2.22. The third-order valence-electron chi connectivity index (χ3n) is 2.79. The minimum Gasteiger partial charge on any atom is -0.460 e. The average Bonchev–Trinajstić information content (AvgIpc) is 2.29. The molecule has 1 aromatic rings. The second kappa shape index (κ2) is 4.18. The van der Waals surface area contributed by atoms with Crippen LogP contribution in [0.15, 0.2) is 17.7 Å². The summed E-state index contributed by atoms with van der Waals surface area (Å²) >= 11 is 0. The van der Waals surface area contributed by atoms with Crippen LogP contribution in [-0.2, 0) is 0 Å². The number of aliphatic hydroxyl groups excluding tert-OH is 1. The molecule has 90 valence electrons. The summed E-state index contributed by atoms with van der Waals surface area (Å²) in [5.41, 5.74) is 2.06. The topological polar surface area (TPSA) is 72.6 Å². The van der Waals surface area contributed by atoms with Gasteiger partial charge in [0.15, 0.2) is 0 Å². The Morgan fingerprint density at radius 3 is 2.82 bits per heavy atom. The Labute approximate surface area is 98.5 Å². The van der Waals surface area contributed by atoms with E-state index in [9.17, 15) is 15.2 Å². The molecule has 1 aliphatic heterocycles. The van der Waals surface area contributed by atoms with Crippen LogP contribution in [0.3, 0.4) is 0 Å². The van der Waals surface area contributed by atoms with Crippen molar-refractivity contribution in [3.8, 4) is 5.75 Å². The van der Waals surface area contributed by atoms with Crippen molar-refractivity contribution in [2.24, 2.45) is 0 Å². The normalized spacial score (nSPS) is 18.1. The maximum atomic E-state index is 10.7. The maximum absolute atomic E-state index is 10.7. The molecule has 0 saturated heterocycles. The second-order valence-electron chi connectivity index (χ2n) is 3.98. The highest BCUT2D eigenvalue weighted by Crippen LogP contribution is 2.35. The third-order valence-corrected chi connectivity index (χ3v) is 2.79. The minimum absolute atomic E-state index is 0.0351. The summed E-state index contributed by atoms with van der Waals surface area (Å²) in [6, 6.07) is 2.90. The molecule has 5 nitrogen and oxygen atoms in total. The molecule has 1 heterocycles. The molecule has 0 spiro atoms. The van der Waals surface area contributed by atoms with Crippen LogP contribution >= 0.6 is 0 Å². The van der Waals surface area contributed by atoms with Gasteiger partial charge in [0.25, 0.3) is 5.69 Å². The van der Waals surface area contributed by atoms with E-state index in [0.717, 1.165) is 5.57 Å². The molecule has 1 atom stereocenters. The first-order chi connectivity index (χ1) is 8.02. The van der Waals surface area contributed by atoms with Gasteiger partial charge in [0.2, 0.25) is 6.29 Å². The van der Waals surface area contributed by atoms with Gasteiger partial charge in [-0.15, -0.1) is 0 Å². The summed E-state index contributed by atoms with van der Waals surface area (Å²) in [4.78, 5) is 10.3. The van der Waals surface area contributed by atoms with Crippen LogP contribution in [0.4, 0.5) is 5.69 Å². The van der Waals surface area contributed by atoms with Gasteiger partial charge in [0.1, 0.15) is 5.75 Å². The average molecular weight is 235 g/mol. The fourth-order valence-electron chi connectivity index (χ4n) is 1.89. The van der Waals surface area contributed by atoms with Crippen LogP contribution in [0.25, 0.3) is 6.08 Å². The number of benzene rings is 1. The maximum Gasteiger partial charge on any atom is 0.270 e. The number of aliphatic hydroxyl groups is 1. The largest absolute Gasteiger partial charge is 0.460 e. The molecular formula is C12H13NO4. The molecule has 1 aromatic carbocycles. The van der Waals surface area contributed by atoms with Gasteiger partial charge in [0.05, 0.1) is 4.92 Å². The first kappa shape index (κ1) is 11.6. The van der Waals surface area contributed by atoms with Gasteiger partial charge in [-0.1, -0.05) is 6.92 Å². The number of nitro groups is 1. The quantitative estimate of drug-likeness (QED) is 0.631. The van der Waals surface area contributed by atoms with Crippen molar-refractivity contribution in [3.05, 3.63) is 38.9 Å². The molecule has 1 unspecified atom stereocenters. The monoisotopic (exact) mass is 235 g/mol. The summed E-state index contributed by atoms with van der Waals surface area (Å²) in [5.74, 6) is 0.514. The molecular weight excluding hydrogens is 222 g/mol. The highest BCUT2D eigenvalue weighted by molar-refractivity contribution is 5.67. The molecule has 0 aliphatic carbocycles. The molecule has 0 amide bonds. The summed E-state index contributed by atoms with van der Waals surface area (Å²) in [5, 5.41) is 20.4. The molecule has 17 heavy (non-hydrogen) atoms. The standard InChI is InChI=1S/C12H13NO4/c1-3-8-5-9-6-10(13(15)16)4-7(2)11(9)17-12(8)14/h4-6,12,14H,3H2,1-2H3. The first-order valence-electron chi connectivity index (χ1n) is 5.37. The number of fused-ring (bicyclic) bond motifs is 1. The Balaban J connectivity index is 2.57. The predicted octanol–water partition coefficient (Wildman–Crippen LogP) is 2.41. The second-order valence-corrected chi connectivity index (χ2v) is 3.98. The number of nitro benzene ring substituents is 1. The first-order valence-corrected chi connectivity index (χ1v) is 5.37. The molecule has 1 aliphatic rings. The number of non-ortho nitro benzene ring substituents is 1. The highest BCUT2D eigenvalue weighted by atomic mass is 16.6. The fourth-order valence-corrected chi connectivity index (χ4v) is 1.89. The fraction of sp³-hybridized carbons (Fsp3) is 0.333. The van der Waals surface area contributed by atoms with Crippen LogP contribution in [0, 0.1) is 17.0 Å². The zero-order valence-corrected chi connectivity index (χ0v) is 9.64. The van der Waals surface area contributed by atoms with E-state index in [1.54, 1.807) is 13.0 Å². The highest BCUT2D eigenvalue weighted by Gasteiger charge is 2.23. The Morgan fingerprint density at radius 1 is 1.53 bits per heavy atom. The van der Waals surface area contributed by atoms with E-state index in [0.29, 0.717) is 23.3 Å². The van der Waals surface area contributed by atoms with E-state index in [1.807, 2.05) is 6.92 Å². The Bertz CT molecular complexity index is 507. The van der Waals surface area contributed by atoms with Crippen LogP contribution in [0.5, 0.6) is 5.75 Å². The zero-order valence-electron chi connectivity index (χ0n) is 9.64. The van der Waals surface area contributed by atoms with Crippen molar-refractivity contribution in [3.63, 3.8) is 0 Å². The molecule has 0 radical (unpaired) electrons. The smallest absolute Gasteiger partial charge is 0.270 e. The van der Waals surface area contributed by atoms with Crippen LogP contribution < -0.4 is 4.74 Å². The Morgan fingerprint density at radius 2 is 2.24 bits per heavy atom. The van der Waals surface area contributed by atoms with Crippen molar-refractivity contribution in [2.45, 2.75) is 26.6 Å². The van der Waals surface area contributed by atoms with Crippen LogP contribution in [0.2, 0.25) is 0 Å². The number of hydrogen-bond acceptors (Lipinski definition) is 4. The number of ether oxygens (including phenoxy) is 1. The van der Waals surface area contributed by atoms with E-state index < -0.39 is 11.2 Å². The van der Waals surface area contributed by atoms with Gasteiger partial charge < -0.3 is 9.84 Å². The number of hydrogen-bond donors (Lipinski definition) is 1. The Kier molecular flexibility index (Phi) is 2.85. The van der Waals surface area contributed by atoms with E-state index >= 15 is 0 Å². The van der Waals surface area contributed by atoms with E-state index in [4.69, 9.17) is 4.74 Å². The molecule has 1 N–H and O–H groups in total. The molecule has 5 heteroatoms. The molecule has 0 saturated carbocycles. The summed E-state index contributed by atoms with van der Waals surface area (Å²) in [7, 11) is 0. The zero-order chi connectivity index (χ0) is 12.6. The van der Waals surface area contributed by atoms with Gasteiger partial charge >= 0.3 is 0 Å². The van der Waals surface area contributed by atoms with Gasteiger partial charge in [-0.25, -0.2) is 0 Å². The van der Waals surface area contributed by atoms with Crippen LogP contribution in [-0.4, -0.2) is 16.3 Å². The third kappa shape index (κ3) is 2.01. The number of rotatable bonds is 2. The minimum atomic E-state index is -0.951. The lowest BCUT2D eigenvalue weighted by atomic mass is 10.0. The Hall–Kier alpha value is -1.88. The van der Waals surface area contributed by atoms with E-state index in [-0.39, 0.29) is 5.69 Å². The van der Waals surface area contributed by atoms with Crippen molar-refractivity contribution >= 4 is 11.8 Å².